The highest BCUT2D eigenvalue weighted by molar-refractivity contribution is 5.70. The molecule has 0 radical (unpaired) electrons. The third-order valence-electron chi connectivity index (χ3n) is 3.29. The topological polar surface area (TPSA) is 56.8 Å². The number of nitrogens with one attached hydrogen (secondary N) is 1. The minimum Gasteiger partial charge on any atom is -0.482 e. The molecular formula is C15H21NO4. The fourth-order valence-electron chi connectivity index (χ4n) is 2.21. The van der Waals surface area contributed by atoms with Crippen molar-refractivity contribution in [3.63, 3.8) is 0 Å². The average Bonchev–Trinajstić information content (AvgIpc) is 2.46. The summed E-state index contributed by atoms with van der Waals surface area (Å²) >= 11 is 0. The first kappa shape index (κ1) is 14.7. The molecule has 5 nitrogen and oxygen atoms in total. The smallest absolute Gasteiger partial charge is 0.343 e. The van der Waals surface area contributed by atoms with E-state index in [2.05, 4.69) is 17.0 Å². The average molecular weight is 279 g/mol. The van der Waals surface area contributed by atoms with Crippen molar-refractivity contribution >= 4 is 11.7 Å². The number of anilines is 1. The van der Waals surface area contributed by atoms with Gasteiger partial charge in [-0.25, -0.2) is 4.79 Å². The van der Waals surface area contributed by atoms with Crippen LogP contribution in [0.25, 0.3) is 0 Å². The first-order chi connectivity index (χ1) is 9.67. The molecule has 0 aliphatic carbocycles. The number of methoxy groups -OCH3 is 1. The van der Waals surface area contributed by atoms with E-state index in [-0.39, 0.29) is 12.6 Å². The molecule has 1 aliphatic rings. The monoisotopic (exact) mass is 279 g/mol. The zero-order valence-electron chi connectivity index (χ0n) is 11.9. The molecule has 2 unspecified atom stereocenters. The van der Waals surface area contributed by atoms with Crippen LogP contribution in [0.4, 0.5) is 5.69 Å². The molecule has 1 heterocycles. The van der Waals surface area contributed by atoms with Crippen molar-refractivity contribution in [2.24, 2.45) is 0 Å². The first-order valence-corrected chi connectivity index (χ1v) is 6.85. The van der Waals surface area contributed by atoms with Gasteiger partial charge in [0.05, 0.1) is 13.2 Å². The third kappa shape index (κ3) is 4.42. The summed E-state index contributed by atoms with van der Waals surface area (Å²) in [6.07, 6.45) is 2.34. The van der Waals surface area contributed by atoms with Crippen LogP contribution in [0, 0.1) is 0 Å². The van der Waals surface area contributed by atoms with E-state index in [9.17, 15) is 4.79 Å². The quantitative estimate of drug-likeness (QED) is 0.838. The highest BCUT2D eigenvalue weighted by Gasteiger charge is 2.18. The van der Waals surface area contributed by atoms with Gasteiger partial charge in [0.1, 0.15) is 5.75 Å². The zero-order chi connectivity index (χ0) is 14.4. The van der Waals surface area contributed by atoms with Gasteiger partial charge in [0, 0.05) is 18.3 Å². The SMILES string of the molecule is COC(=O)COc1ccc(NC2CCOC(C)C2)cc1. The van der Waals surface area contributed by atoms with Crippen LogP contribution in [-0.4, -0.2) is 38.4 Å². The molecule has 2 rings (SSSR count). The molecule has 1 saturated heterocycles. The molecule has 1 N–H and O–H groups in total. The van der Waals surface area contributed by atoms with Crippen LogP contribution in [-0.2, 0) is 14.3 Å². The molecule has 110 valence electrons. The molecule has 1 aromatic rings. The Morgan fingerprint density at radius 3 is 2.80 bits per heavy atom. The summed E-state index contributed by atoms with van der Waals surface area (Å²) in [5, 5.41) is 3.49. The van der Waals surface area contributed by atoms with E-state index in [4.69, 9.17) is 9.47 Å². The molecule has 2 atom stereocenters. The Bertz CT molecular complexity index is 432. The summed E-state index contributed by atoms with van der Waals surface area (Å²) in [6, 6.07) is 8.03. The highest BCUT2D eigenvalue weighted by Crippen LogP contribution is 2.21. The molecule has 0 saturated carbocycles. The number of hydrogen-bond acceptors (Lipinski definition) is 5. The normalized spacial score (nSPS) is 22.1. The van der Waals surface area contributed by atoms with Gasteiger partial charge in [-0.1, -0.05) is 0 Å². The van der Waals surface area contributed by atoms with Crippen LogP contribution < -0.4 is 10.1 Å². The van der Waals surface area contributed by atoms with Gasteiger partial charge >= 0.3 is 5.97 Å². The summed E-state index contributed by atoms with van der Waals surface area (Å²) in [4.78, 5) is 11.0. The van der Waals surface area contributed by atoms with E-state index in [0.29, 0.717) is 17.9 Å². The highest BCUT2D eigenvalue weighted by atomic mass is 16.6. The van der Waals surface area contributed by atoms with Crippen LogP contribution in [0.3, 0.4) is 0 Å². The van der Waals surface area contributed by atoms with Crippen LogP contribution in [0.15, 0.2) is 24.3 Å². The van der Waals surface area contributed by atoms with E-state index in [1.54, 1.807) is 0 Å². The Kier molecular flexibility index (Phi) is 5.24. The van der Waals surface area contributed by atoms with Crippen molar-refractivity contribution in [2.45, 2.75) is 31.9 Å². The van der Waals surface area contributed by atoms with Crippen molar-refractivity contribution < 1.29 is 19.0 Å². The Balaban J connectivity index is 1.83. The number of rotatable bonds is 5. The van der Waals surface area contributed by atoms with E-state index in [0.717, 1.165) is 25.1 Å². The lowest BCUT2D eigenvalue weighted by atomic mass is 10.0. The van der Waals surface area contributed by atoms with E-state index >= 15 is 0 Å². The second kappa shape index (κ2) is 7.14. The predicted octanol–water partition coefficient (Wildman–Crippen LogP) is 2.22. The molecule has 0 amide bonds. The van der Waals surface area contributed by atoms with Crippen LogP contribution in [0.1, 0.15) is 19.8 Å². The molecule has 5 heteroatoms. The van der Waals surface area contributed by atoms with Crippen molar-refractivity contribution in [1.29, 1.82) is 0 Å². The number of ether oxygens (including phenoxy) is 3. The van der Waals surface area contributed by atoms with Crippen molar-refractivity contribution in [3.05, 3.63) is 24.3 Å². The van der Waals surface area contributed by atoms with Crippen LogP contribution in [0.2, 0.25) is 0 Å². The molecule has 1 aromatic carbocycles. The van der Waals surface area contributed by atoms with Gasteiger partial charge in [-0.05, 0) is 44.0 Å². The van der Waals surface area contributed by atoms with Gasteiger partial charge < -0.3 is 19.5 Å². The molecule has 1 fully saturated rings. The fraction of sp³-hybridized carbons (Fsp3) is 0.533. The summed E-state index contributed by atoms with van der Waals surface area (Å²) < 4.78 is 15.3. The molecule has 0 bridgehead atoms. The lowest BCUT2D eigenvalue weighted by molar-refractivity contribution is -0.142. The fourth-order valence-corrected chi connectivity index (χ4v) is 2.21. The molecule has 20 heavy (non-hydrogen) atoms. The molecule has 0 aromatic heterocycles. The number of carbonyl (C=O) groups is 1. The minimum atomic E-state index is -0.386. The summed E-state index contributed by atoms with van der Waals surface area (Å²) in [5.41, 5.74) is 1.05. The maximum atomic E-state index is 11.0. The minimum absolute atomic E-state index is 0.0687. The Hall–Kier alpha value is -1.75. The predicted molar refractivity (Wildman–Crippen MR) is 76.0 cm³/mol. The summed E-state index contributed by atoms with van der Waals surface area (Å²) in [6.45, 7) is 2.83. The largest absolute Gasteiger partial charge is 0.482 e. The van der Waals surface area contributed by atoms with Crippen molar-refractivity contribution in [2.75, 3.05) is 25.6 Å². The zero-order valence-corrected chi connectivity index (χ0v) is 11.9. The number of benzene rings is 1. The van der Waals surface area contributed by atoms with Gasteiger partial charge in [-0.2, -0.15) is 0 Å². The number of hydrogen-bond donors (Lipinski definition) is 1. The standard InChI is InChI=1S/C15H21NO4/c1-11-9-13(7-8-19-11)16-12-3-5-14(6-4-12)20-10-15(17)18-2/h3-6,11,13,16H,7-10H2,1-2H3. The summed E-state index contributed by atoms with van der Waals surface area (Å²) in [5.74, 6) is 0.268. The maximum Gasteiger partial charge on any atom is 0.343 e. The van der Waals surface area contributed by atoms with Gasteiger partial charge in [0.15, 0.2) is 6.61 Å². The molecular weight excluding hydrogens is 258 g/mol. The second-order valence-electron chi connectivity index (χ2n) is 4.94. The Morgan fingerprint density at radius 2 is 2.15 bits per heavy atom. The Labute approximate surface area is 119 Å². The van der Waals surface area contributed by atoms with Crippen molar-refractivity contribution in [1.82, 2.24) is 0 Å². The first-order valence-electron chi connectivity index (χ1n) is 6.85. The second-order valence-corrected chi connectivity index (χ2v) is 4.94. The van der Waals surface area contributed by atoms with Crippen LogP contribution >= 0.6 is 0 Å². The van der Waals surface area contributed by atoms with Crippen LogP contribution in [0.5, 0.6) is 5.75 Å². The summed E-state index contributed by atoms with van der Waals surface area (Å²) in [7, 11) is 1.34. The number of esters is 1. The van der Waals surface area contributed by atoms with Gasteiger partial charge in [0.2, 0.25) is 0 Å². The third-order valence-corrected chi connectivity index (χ3v) is 3.29. The van der Waals surface area contributed by atoms with E-state index in [1.165, 1.54) is 7.11 Å². The van der Waals surface area contributed by atoms with E-state index in [1.807, 2.05) is 24.3 Å². The maximum absolute atomic E-state index is 11.0. The van der Waals surface area contributed by atoms with Gasteiger partial charge in [-0.15, -0.1) is 0 Å². The lowest BCUT2D eigenvalue weighted by Crippen LogP contribution is -2.32. The Morgan fingerprint density at radius 1 is 1.40 bits per heavy atom. The van der Waals surface area contributed by atoms with E-state index < -0.39 is 0 Å². The lowest BCUT2D eigenvalue weighted by Gasteiger charge is -2.28. The van der Waals surface area contributed by atoms with Gasteiger partial charge in [0.25, 0.3) is 0 Å². The molecule has 1 aliphatic heterocycles. The van der Waals surface area contributed by atoms with Crippen molar-refractivity contribution in [3.8, 4) is 5.75 Å². The molecule has 0 spiro atoms. The number of carbonyl (C=O) groups excluding carboxylic acids is 1. The van der Waals surface area contributed by atoms with Gasteiger partial charge in [-0.3, -0.25) is 0 Å².